The molecule has 0 atom stereocenters. The second-order valence-electron chi connectivity index (χ2n) is 5.57. The molecule has 10 heteroatoms. The minimum Gasteiger partial charge on any atom is -0.495 e. The molecule has 2 aromatic rings. The molecule has 1 amide bonds. The van der Waals surface area contributed by atoms with Crippen molar-refractivity contribution in [3.8, 4) is 5.75 Å². The Hall–Kier alpha value is -2.17. The maximum absolute atomic E-state index is 13.2. The van der Waals surface area contributed by atoms with Crippen molar-refractivity contribution in [3.63, 3.8) is 0 Å². The van der Waals surface area contributed by atoms with Crippen LogP contribution in [0.3, 0.4) is 0 Å². The van der Waals surface area contributed by atoms with Crippen LogP contribution in [-0.2, 0) is 14.8 Å². The second kappa shape index (κ2) is 8.68. The average molecular weight is 416 g/mol. The minimum absolute atomic E-state index is 0.0626. The molecule has 0 aliphatic heterocycles. The molecular weight excluding hydrogens is 398 g/mol. The molecule has 6 nitrogen and oxygen atoms in total. The van der Waals surface area contributed by atoms with Crippen molar-refractivity contribution < 1.29 is 26.7 Å². The van der Waals surface area contributed by atoms with Crippen LogP contribution in [0.25, 0.3) is 0 Å². The van der Waals surface area contributed by atoms with Crippen molar-refractivity contribution in [2.24, 2.45) is 0 Å². The number of hydrogen-bond acceptors (Lipinski definition) is 5. The van der Waals surface area contributed by atoms with Gasteiger partial charge < -0.3 is 10.1 Å². The van der Waals surface area contributed by atoms with Crippen LogP contribution in [0, 0.1) is 11.6 Å². The van der Waals surface area contributed by atoms with Gasteiger partial charge in [0.25, 0.3) is 0 Å². The molecule has 0 aliphatic carbocycles. The van der Waals surface area contributed by atoms with E-state index in [-0.39, 0.29) is 22.1 Å². The summed E-state index contributed by atoms with van der Waals surface area (Å²) in [6, 6.07) is 7.60. The van der Waals surface area contributed by atoms with Crippen LogP contribution in [0.15, 0.2) is 46.2 Å². The molecule has 0 saturated carbocycles. The zero-order chi connectivity index (χ0) is 20.2. The molecular formula is C17H18F2N2O4S2. The summed E-state index contributed by atoms with van der Waals surface area (Å²) >= 11 is 1.02. The van der Waals surface area contributed by atoms with Crippen molar-refractivity contribution in [1.29, 1.82) is 0 Å². The van der Waals surface area contributed by atoms with Crippen LogP contribution in [0.2, 0.25) is 0 Å². The van der Waals surface area contributed by atoms with Crippen LogP contribution in [-0.4, -0.2) is 45.6 Å². The molecule has 0 spiro atoms. The van der Waals surface area contributed by atoms with E-state index in [4.69, 9.17) is 4.74 Å². The normalized spacial score (nSPS) is 11.5. The summed E-state index contributed by atoms with van der Waals surface area (Å²) in [4.78, 5) is 12.4. The fourth-order valence-corrected chi connectivity index (χ4v) is 3.86. The first-order chi connectivity index (χ1) is 12.6. The number of methoxy groups -OCH3 is 1. The molecule has 0 aromatic heterocycles. The zero-order valence-electron chi connectivity index (χ0n) is 14.8. The number of halogens is 2. The first-order valence-corrected chi connectivity index (χ1v) is 10.1. The van der Waals surface area contributed by atoms with E-state index in [1.165, 1.54) is 45.5 Å². The topological polar surface area (TPSA) is 75.7 Å². The van der Waals surface area contributed by atoms with Crippen LogP contribution in [0.5, 0.6) is 5.75 Å². The Balaban J connectivity index is 2.12. The van der Waals surface area contributed by atoms with E-state index in [2.05, 4.69) is 5.32 Å². The van der Waals surface area contributed by atoms with Gasteiger partial charge in [0.05, 0.1) is 12.9 Å². The quantitative estimate of drug-likeness (QED) is 0.703. The lowest BCUT2D eigenvalue weighted by atomic mass is 10.3. The van der Waals surface area contributed by atoms with Gasteiger partial charge >= 0.3 is 0 Å². The number of amides is 1. The van der Waals surface area contributed by atoms with Crippen molar-refractivity contribution in [3.05, 3.63) is 48.0 Å². The highest BCUT2D eigenvalue weighted by molar-refractivity contribution is 8.00. The van der Waals surface area contributed by atoms with E-state index in [9.17, 15) is 22.0 Å². The van der Waals surface area contributed by atoms with Crippen LogP contribution < -0.4 is 10.1 Å². The molecule has 0 heterocycles. The van der Waals surface area contributed by atoms with Gasteiger partial charge in [-0.15, -0.1) is 11.8 Å². The molecule has 0 fully saturated rings. The van der Waals surface area contributed by atoms with E-state index >= 15 is 0 Å². The van der Waals surface area contributed by atoms with Crippen molar-refractivity contribution in [1.82, 2.24) is 4.31 Å². The number of carbonyl (C=O) groups is 1. The maximum Gasteiger partial charge on any atom is 0.246 e. The van der Waals surface area contributed by atoms with E-state index in [1.807, 2.05) is 0 Å². The Labute approximate surface area is 160 Å². The number of nitrogens with zero attached hydrogens (tertiary/aromatic N) is 1. The third-order valence-electron chi connectivity index (χ3n) is 3.47. The molecule has 2 rings (SSSR count). The van der Waals surface area contributed by atoms with Crippen molar-refractivity contribution in [2.75, 3.05) is 32.3 Å². The molecule has 0 radical (unpaired) electrons. The number of ether oxygens (including phenoxy) is 1. The summed E-state index contributed by atoms with van der Waals surface area (Å²) in [5, 5.41) is 2.57. The summed E-state index contributed by atoms with van der Waals surface area (Å²) in [5.74, 6) is -2.29. The number of benzene rings is 2. The highest BCUT2D eigenvalue weighted by Gasteiger charge is 2.23. The molecule has 1 N–H and O–H groups in total. The van der Waals surface area contributed by atoms with Crippen molar-refractivity contribution >= 4 is 33.4 Å². The number of nitrogens with one attached hydrogen (secondary N) is 1. The predicted molar refractivity (Wildman–Crippen MR) is 99.6 cm³/mol. The monoisotopic (exact) mass is 416 g/mol. The van der Waals surface area contributed by atoms with Crippen LogP contribution in [0.1, 0.15) is 0 Å². The lowest BCUT2D eigenvalue weighted by Gasteiger charge is -2.16. The first kappa shape index (κ1) is 21.1. The predicted octanol–water partition coefficient (Wildman–Crippen LogP) is 2.95. The molecule has 146 valence electrons. The number of hydrogen-bond donors (Lipinski definition) is 1. The highest BCUT2D eigenvalue weighted by Crippen LogP contribution is 2.29. The number of carbonyl (C=O) groups excluding carboxylic acids is 1. The fraction of sp³-hybridized carbons (Fsp3) is 0.235. The third-order valence-corrected chi connectivity index (χ3v) is 6.30. The zero-order valence-corrected chi connectivity index (χ0v) is 16.5. The molecule has 0 aliphatic rings. The Morgan fingerprint density at radius 2 is 1.85 bits per heavy atom. The SMILES string of the molecule is COc1ccc(NC(=O)CSc2ccc(F)c(F)c2)cc1S(=O)(=O)N(C)C. The Morgan fingerprint density at radius 1 is 1.15 bits per heavy atom. The largest absolute Gasteiger partial charge is 0.495 e. The number of anilines is 1. The van der Waals surface area contributed by atoms with Crippen LogP contribution in [0.4, 0.5) is 14.5 Å². The van der Waals surface area contributed by atoms with E-state index in [1.54, 1.807) is 0 Å². The maximum atomic E-state index is 13.2. The summed E-state index contributed by atoms with van der Waals surface area (Å²) < 4.78 is 57.0. The van der Waals surface area contributed by atoms with Gasteiger partial charge in [0.15, 0.2) is 11.6 Å². The van der Waals surface area contributed by atoms with Gasteiger partial charge in [0.2, 0.25) is 15.9 Å². The van der Waals surface area contributed by atoms with Crippen LogP contribution >= 0.6 is 11.8 Å². The van der Waals surface area contributed by atoms with Crippen molar-refractivity contribution in [2.45, 2.75) is 9.79 Å². The molecule has 27 heavy (non-hydrogen) atoms. The second-order valence-corrected chi connectivity index (χ2v) is 8.73. The summed E-state index contributed by atoms with van der Waals surface area (Å²) in [7, 11) is 0.355. The Kier molecular flexibility index (Phi) is 6.79. The third kappa shape index (κ3) is 5.18. The standard InChI is InChI=1S/C17H18F2N2O4S2/c1-21(2)27(23,24)16-8-11(4-7-15(16)25-3)20-17(22)10-26-12-5-6-13(18)14(19)9-12/h4-9H,10H2,1-3H3,(H,20,22). The number of sulfonamides is 1. The number of rotatable bonds is 7. The van der Waals surface area contributed by atoms with E-state index < -0.39 is 27.6 Å². The summed E-state index contributed by atoms with van der Waals surface area (Å²) in [5.41, 5.74) is 0.270. The first-order valence-electron chi connectivity index (χ1n) is 7.63. The summed E-state index contributed by atoms with van der Waals surface area (Å²) in [6.07, 6.45) is 0. The molecule has 0 bridgehead atoms. The Morgan fingerprint density at radius 3 is 2.44 bits per heavy atom. The van der Waals surface area contributed by atoms with Gasteiger partial charge in [-0.1, -0.05) is 0 Å². The molecule has 0 saturated heterocycles. The van der Waals surface area contributed by atoms with Gasteiger partial charge in [-0.05, 0) is 36.4 Å². The van der Waals surface area contributed by atoms with Gasteiger partial charge in [-0.25, -0.2) is 21.5 Å². The van der Waals surface area contributed by atoms with Gasteiger partial charge in [0.1, 0.15) is 10.6 Å². The average Bonchev–Trinajstić information content (AvgIpc) is 2.62. The molecule has 0 unspecified atom stereocenters. The van der Waals surface area contributed by atoms with E-state index in [0.717, 1.165) is 28.2 Å². The minimum atomic E-state index is -3.77. The highest BCUT2D eigenvalue weighted by atomic mass is 32.2. The lowest BCUT2D eigenvalue weighted by molar-refractivity contribution is -0.113. The van der Waals surface area contributed by atoms with Gasteiger partial charge in [-0.2, -0.15) is 0 Å². The van der Waals surface area contributed by atoms with Gasteiger partial charge in [0, 0.05) is 24.7 Å². The van der Waals surface area contributed by atoms with E-state index in [0.29, 0.717) is 4.90 Å². The number of thioether (sulfide) groups is 1. The smallest absolute Gasteiger partial charge is 0.246 e. The summed E-state index contributed by atoms with van der Waals surface area (Å²) in [6.45, 7) is 0. The Bertz CT molecular complexity index is 950. The lowest BCUT2D eigenvalue weighted by Crippen LogP contribution is -2.23. The fourth-order valence-electron chi connectivity index (χ4n) is 2.07. The van der Waals surface area contributed by atoms with Gasteiger partial charge in [-0.3, -0.25) is 4.79 Å². The molecule has 2 aromatic carbocycles.